The highest BCUT2D eigenvalue weighted by atomic mass is 16.2. The van der Waals surface area contributed by atoms with Crippen LogP contribution in [0.2, 0.25) is 0 Å². The molecular weight excluding hydrogens is 344 g/mol. The van der Waals surface area contributed by atoms with Crippen LogP contribution in [0, 0.1) is 0 Å². The SMILES string of the molecule is CNC(=O)c1cnc(Nc2ccccn2)cc1Nc1ccccc1C(N)=O. The lowest BCUT2D eigenvalue weighted by atomic mass is 10.1. The van der Waals surface area contributed by atoms with Gasteiger partial charge in [-0.2, -0.15) is 0 Å². The molecule has 0 unspecified atom stereocenters. The number of para-hydroxylation sites is 1. The molecule has 27 heavy (non-hydrogen) atoms. The van der Waals surface area contributed by atoms with Gasteiger partial charge in [-0.3, -0.25) is 9.59 Å². The number of benzene rings is 1. The minimum atomic E-state index is -0.569. The van der Waals surface area contributed by atoms with Crippen molar-refractivity contribution in [3.8, 4) is 0 Å². The average Bonchev–Trinajstić information content (AvgIpc) is 2.69. The Balaban J connectivity index is 1.99. The molecule has 136 valence electrons. The van der Waals surface area contributed by atoms with Crippen molar-refractivity contribution in [1.82, 2.24) is 15.3 Å². The van der Waals surface area contributed by atoms with E-state index in [1.54, 1.807) is 48.7 Å². The summed E-state index contributed by atoms with van der Waals surface area (Å²) >= 11 is 0. The third-order valence-corrected chi connectivity index (χ3v) is 3.76. The molecular formula is C19H18N6O2. The molecule has 2 heterocycles. The highest BCUT2D eigenvalue weighted by Gasteiger charge is 2.15. The third-order valence-electron chi connectivity index (χ3n) is 3.76. The second-order valence-electron chi connectivity index (χ2n) is 5.57. The minimum Gasteiger partial charge on any atom is -0.366 e. The number of carbonyl (C=O) groups excluding carboxylic acids is 2. The fourth-order valence-electron chi connectivity index (χ4n) is 2.46. The second-order valence-corrected chi connectivity index (χ2v) is 5.57. The highest BCUT2D eigenvalue weighted by Crippen LogP contribution is 2.26. The van der Waals surface area contributed by atoms with Crippen molar-refractivity contribution in [2.45, 2.75) is 0 Å². The van der Waals surface area contributed by atoms with E-state index in [2.05, 4.69) is 25.9 Å². The van der Waals surface area contributed by atoms with Crippen LogP contribution in [0.1, 0.15) is 20.7 Å². The summed E-state index contributed by atoms with van der Waals surface area (Å²) in [7, 11) is 1.53. The van der Waals surface area contributed by atoms with Crippen molar-refractivity contribution in [2.75, 3.05) is 17.7 Å². The minimum absolute atomic E-state index is 0.314. The summed E-state index contributed by atoms with van der Waals surface area (Å²) in [5.41, 5.74) is 7.03. The lowest BCUT2D eigenvalue weighted by Gasteiger charge is -2.15. The van der Waals surface area contributed by atoms with Crippen LogP contribution < -0.4 is 21.7 Å². The third kappa shape index (κ3) is 4.18. The van der Waals surface area contributed by atoms with Crippen LogP contribution in [-0.2, 0) is 0 Å². The molecule has 3 rings (SSSR count). The Morgan fingerprint density at radius 1 is 0.889 bits per heavy atom. The van der Waals surface area contributed by atoms with E-state index in [9.17, 15) is 9.59 Å². The molecule has 1 aromatic carbocycles. The number of rotatable bonds is 6. The van der Waals surface area contributed by atoms with Gasteiger partial charge in [-0.1, -0.05) is 18.2 Å². The second kappa shape index (κ2) is 7.96. The molecule has 0 saturated heterocycles. The van der Waals surface area contributed by atoms with Crippen molar-refractivity contribution >= 4 is 34.8 Å². The molecule has 0 spiro atoms. The summed E-state index contributed by atoms with van der Waals surface area (Å²) in [6.07, 6.45) is 3.10. The molecule has 0 aliphatic carbocycles. The Bertz CT molecular complexity index is 975. The maximum absolute atomic E-state index is 12.2. The fourth-order valence-corrected chi connectivity index (χ4v) is 2.46. The van der Waals surface area contributed by atoms with E-state index < -0.39 is 5.91 Å². The van der Waals surface area contributed by atoms with E-state index in [1.807, 2.05) is 6.07 Å². The van der Waals surface area contributed by atoms with Gasteiger partial charge < -0.3 is 21.7 Å². The smallest absolute Gasteiger partial charge is 0.254 e. The molecule has 0 radical (unpaired) electrons. The molecule has 0 saturated carbocycles. The van der Waals surface area contributed by atoms with Gasteiger partial charge in [0.1, 0.15) is 11.6 Å². The Morgan fingerprint density at radius 2 is 1.67 bits per heavy atom. The highest BCUT2D eigenvalue weighted by molar-refractivity contribution is 6.03. The summed E-state index contributed by atoms with van der Waals surface area (Å²) in [5.74, 6) is 0.216. The molecule has 8 nitrogen and oxygen atoms in total. The maximum Gasteiger partial charge on any atom is 0.254 e. The predicted octanol–water partition coefficient (Wildman–Crippen LogP) is 2.42. The number of anilines is 4. The molecule has 3 aromatic rings. The van der Waals surface area contributed by atoms with E-state index in [0.717, 1.165) is 0 Å². The van der Waals surface area contributed by atoms with Crippen LogP contribution in [0.25, 0.3) is 0 Å². The Morgan fingerprint density at radius 3 is 2.37 bits per heavy atom. The summed E-state index contributed by atoms with van der Waals surface area (Å²) in [6.45, 7) is 0. The Hall–Kier alpha value is -3.94. The first-order valence-electron chi connectivity index (χ1n) is 8.14. The normalized spacial score (nSPS) is 10.1. The quantitative estimate of drug-likeness (QED) is 0.534. The predicted molar refractivity (Wildman–Crippen MR) is 103 cm³/mol. The lowest BCUT2D eigenvalue weighted by molar-refractivity contribution is 0.0962. The zero-order chi connectivity index (χ0) is 19.2. The topological polar surface area (TPSA) is 122 Å². The van der Waals surface area contributed by atoms with Crippen molar-refractivity contribution in [3.05, 3.63) is 72.1 Å². The van der Waals surface area contributed by atoms with Crippen molar-refractivity contribution < 1.29 is 9.59 Å². The molecule has 2 amide bonds. The molecule has 5 N–H and O–H groups in total. The van der Waals surface area contributed by atoms with Crippen LogP contribution in [0.3, 0.4) is 0 Å². The molecule has 0 fully saturated rings. The van der Waals surface area contributed by atoms with Gasteiger partial charge in [0.15, 0.2) is 0 Å². The first-order valence-corrected chi connectivity index (χ1v) is 8.14. The number of amides is 2. The van der Waals surface area contributed by atoms with Gasteiger partial charge in [-0.25, -0.2) is 9.97 Å². The van der Waals surface area contributed by atoms with Crippen LogP contribution >= 0.6 is 0 Å². The average molecular weight is 362 g/mol. The number of nitrogens with zero attached hydrogens (tertiary/aromatic N) is 2. The molecule has 8 heteroatoms. The molecule has 0 aliphatic rings. The number of pyridine rings is 2. The summed E-state index contributed by atoms with van der Waals surface area (Å²) < 4.78 is 0. The maximum atomic E-state index is 12.2. The number of hydrogen-bond donors (Lipinski definition) is 4. The zero-order valence-corrected chi connectivity index (χ0v) is 14.6. The van der Waals surface area contributed by atoms with E-state index in [0.29, 0.717) is 34.1 Å². The number of carbonyl (C=O) groups is 2. The molecule has 0 atom stereocenters. The van der Waals surface area contributed by atoms with Crippen LogP contribution in [0.4, 0.5) is 23.0 Å². The number of nitrogens with two attached hydrogens (primary N) is 1. The fraction of sp³-hybridized carbons (Fsp3) is 0.0526. The monoisotopic (exact) mass is 362 g/mol. The zero-order valence-electron chi connectivity index (χ0n) is 14.6. The molecule has 2 aromatic heterocycles. The van der Waals surface area contributed by atoms with Crippen LogP contribution in [-0.4, -0.2) is 28.8 Å². The first-order chi connectivity index (χ1) is 13.1. The van der Waals surface area contributed by atoms with Gasteiger partial charge in [-0.05, 0) is 24.3 Å². The van der Waals surface area contributed by atoms with Gasteiger partial charge in [0.05, 0.1) is 22.5 Å². The van der Waals surface area contributed by atoms with Gasteiger partial charge >= 0.3 is 0 Å². The van der Waals surface area contributed by atoms with E-state index >= 15 is 0 Å². The van der Waals surface area contributed by atoms with Crippen molar-refractivity contribution in [1.29, 1.82) is 0 Å². The summed E-state index contributed by atoms with van der Waals surface area (Å²) in [4.78, 5) is 32.3. The van der Waals surface area contributed by atoms with E-state index in [-0.39, 0.29) is 5.91 Å². The number of primary amides is 1. The first kappa shape index (κ1) is 17.9. The Kier molecular flexibility index (Phi) is 5.27. The van der Waals surface area contributed by atoms with Crippen LogP contribution in [0.15, 0.2) is 60.9 Å². The number of nitrogens with one attached hydrogen (secondary N) is 3. The standard InChI is InChI=1S/C19H18N6O2/c1-21-19(27)13-11-23-17(25-16-8-4-5-9-22-16)10-15(13)24-14-7-3-2-6-12(14)18(20)26/h2-11H,1H3,(H2,20,26)(H,21,27)(H2,22,23,24,25). The van der Waals surface area contributed by atoms with Crippen molar-refractivity contribution in [2.24, 2.45) is 5.73 Å². The van der Waals surface area contributed by atoms with Gasteiger partial charge in [0, 0.05) is 25.5 Å². The molecule has 0 aliphatic heterocycles. The van der Waals surface area contributed by atoms with E-state index in [4.69, 9.17) is 5.73 Å². The van der Waals surface area contributed by atoms with Gasteiger partial charge in [-0.15, -0.1) is 0 Å². The summed E-state index contributed by atoms with van der Waals surface area (Å²) in [5, 5.41) is 8.74. The number of aromatic nitrogens is 2. The summed E-state index contributed by atoms with van der Waals surface area (Å²) in [6, 6.07) is 13.9. The Labute approximate surface area is 155 Å². The van der Waals surface area contributed by atoms with Gasteiger partial charge in [0.25, 0.3) is 11.8 Å². The number of hydrogen-bond acceptors (Lipinski definition) is 6. The largest absolute Gasteiger partial charge is 0.366 e. The van der Waals surface area contributed by atoms with Crippen LogP contribution in [0.5, 0.6) is 0 Å². The van der Waals surface area contributed by atoms with Gasteiger partial charge in [0.2, 0.25) is 0 Å². The molecule has 0 bridgehead atoms. The van der Waals surface area contributed by atoms with Crippen molar-refractivity contribution in [3.63, 3.8) is 0 Å². The lowest BCUT2D eigenvalue weighted by Crippen LogP contribution is -2.20. The van der Waals surface area contributed by atoms with E-state index in [1.165, 1.54) is 13.2 Å².